The molecule has 0 bridgehead atoms. The highest BCUT2D eigenvalue weighted by Crippen LogP contribution is 2.25. The van der Waals surface area contributed by atoms with Crippen molar-refractivity contribution in [1.82, 2.24) is 0 Å². The summed E-state index contributed by atoms with van der Waals surface area (Å²) in [5.74, 6) is -0.360. The molecule has 3 nitrogen and oxygen atoms in total. The molecule has 0 fully saturated rings. The van der Waals surface area contributed by atoms with E-state index in [1.165, 1.54) is 6.08 Å². The van der Waals surface area contributed by atoms with E-state index in [1.54, 1.807) is 18.2 Å². The van der Waals surface area contributed by atoms with Gasteiger partial charge in [0.15, 0.2) is 0 Å². The average Bonchev–Trinajstić information content (AvgIpc) is 2.29. The second kappa shape index (κ2) is 6.30. The molecular weight excluding hydrogens is 240 g/mol. The fourth-order valence-corrected chi connectivity index (χ4v) is 1.40. The first kappa shape index (κ1) is 13.6. The predicted octanol–water partition coefficient (Wildman–Crippen LogP) is 3.62. The smallest absolute Gasteiger partial charge is 0.328 e. The van der Waals surface area contributed by atoms with Gasteiger partial charge in [0.2, 0.25) is 0 Å². The van der Waals surface area contributed by atoms with E-state index < -0.39 is 5.97 Å². The number of rotatable bonds is 5. The highest BCUT2D eigenvalue weighted by atomic mass is 35.5. The number of carbonyl (C=O) groups is 1. The molecule has 1 rings (SSSR count). The second-order valence-electron chi connectivity index (χ2n) is 3.69. The number of hydrogen-bond acceptors (Lipinski definition) is 2. The zero-order valence-corrected chi connectivity index (χ0v) is 10.6. The zero-order chi connectivity index (χ0) is 12.8. The monoisotopic (exact) mass is 254 g/mol. The van der Waals surface area contributed by atoms with Gasteiger partial charge in [-0.25, -0.2) is 4.79 Å². The molecule has 0 aliphatic carbocycles. The summed E-state index contributed by atoms with van der Waals surface area (Å²) in [5.41, 5.74) is 0.667. The van der Waals surface area contributed by atoms with Crippen LogP contribution in [0.15, 0.2) is 24.3 Å². The van der Waals surface area contributed by atoms with Crippen molar-refractivity contribution in [3.63, 3.8) is 0 Å². The highest BCUT2D eigenvalue weighted by Gasteiger charge is 2.06. The Hall–Kier alpha value is -1.48. The number of carboxylic acids is 1. The maximum absolute atomic E-state index is 10.5. The molecule has 0 aromatic heterocycles. The summed E-state index contributed by atoms with van der Waals surface area (Å²) in [5, 5.41) is 9.15. The second-order valence-corrected chi connectivity index (χ2v) is 4.13. The molecule has 1 aromatic carbocycles. The fraction of sp³-hybridized carbons (Fsp3) is 0.308. The van der Waals surface area contributed by atoms with Crippen molar-refractivity contribution in [2.24, 2.45) is 0 Å². The van der Waals surface area contributed by atoms with Crippen molar-refractivity contribution in [3.05, 3.63) is 34.9 Å². The van der Waals surface area contributed by atoms with Crippen LogP contribution >= 0.6 is 11.6 Å². The van der Waals surface area contributed by atoms with Crippen molar-refractivity contribution in [1.29, 1.82) is 0 Å². The fourth-order valence-electron chi connectivity index (χ4n) is 1.22. The molecule has 0 heterocycles. The number of carboxylic acid groups (broad SMARTS) is 1. The van der Waals surface area contributed by atoms with Crippen LogP contribution in [-0.2, 0) is 4.79 Å². The van der Waals surface area contributed by atoms with Gasteiger partial charge in [-0.3, -0.25) is 0 Å². The molecule has 0 amide bonds. The molecule has 1 N–H and O–H groups in total. The standard InChI is InChI=1S/C13H15ClO3/c1-3-9(2)17-12-6-5-11(14)8-10(12)4-7-13(15)16/h4-9H,3H2,1-2H3,(H,15,16)/b7-4+. The molecular formula is C13H15ClO3. The first-order valence-electron chi connectivity index (χ1n) is 5.40. The summed E-state index contributed by atoms with van der Waals surface area (Å²) in [6.45, 7) is 3.98. The summed E-state index contributed by atoms with van der Waals surface area (Å²) in [6.07, 6.45) is 3.50. The Kier molecular flexibility index (Phi) is 5.04. The number of benzene rings is 1. The van der Waals surface area contributed by atoms with E-state index in [0.717, 1.165) is 12.5 Å². The maximum Gasteiger partial charge on any atom is 0.328 e. The van der Waals surface area contributed by atoms with Gasteiger partial charge in [0.05, 0.1) is 6.10 Å². The molecule has 1 unspecified atom stereocenters. The summed E-state index contributed by atoms with van der Waals surface area (Å²) in [7, 11) is 0. The summed E-state index contributed by atoms with van der Waals surface area (Å²) in [6, 6.07) is 5.14. The van der Waals surface area contributed by atoms with Crippen LogP contribution in [0.4, 0.5) is 0 Å². The van der Waals surface area contributed by atoms with E-state index in [-0.39, 0.29) is 6.10 Å². The van der Waals surface area contributed by atoms with Gasteiger partial charge >= 0.3 is 5.97 Å². The molecule has 1 aromatic rings. The summed E-state index contributed by atoms with van der Waals surface area (Å²) < 4.78 is 5.68. The van der Waals surface area contributed by atoms with Gasteiger partial charge in [-0.2, -0.15) is 0 Å². The van der Waals surface area contributed by atoms with Crippen LogP contribution in [0, 0.1) is 0 Å². The maximum atomic E-state index is 10.5. The number of hydrogen-bond donors (Lipinski definition) is 1. The van der Waals surface area contributed by atoms with Gasteiger partial charge in [0, 0.05) is 16.7 Å². The highest BCUT2D eigenvalue weighted by molar-refractivity contribution is 6.30. The largest absolute Gasteiger partial charge is 0.490 e. The molecule has 0 saturated heterocycles. The molecule has 0 radical (unpaired) electrons. The molecule has 0 saturated carbocycles. The molecule has 0 spiro atoms. The Morgan fingerprint density at radius 2 is 2.29 bits per heavy atom. The Labute approximate surface area is 106 Å². The third kappa shape index (κ3) is 4.49. The van der Waals surface area contributed by atoms with E-state index in [4.69, 9.17) is 21.4 Å². The van der Waals surface area contributed by atoms with Gasteiger partial charge in [0.25, 0.3) is 0 Å². The lowest BCUT2D eigenvalue weighted by molar-refractivity contribution is -0.131. The van der Waals surface area contributed by atoms with Crippen LogP contribution in [0.25, 0.3) is 6.08 Å². The van der Waals surface area contributed by atoms with Crippen molar-refractivity contribution in [2.45, 2.75) is 26.4 Å². The van der Waals surface area contributed by atoms with E-state index >= 15 is 0 Å². The molecule has 17 heavy (non-hydrogen) atoms. The topological polar surface area (TPSA) is 46.5 Å². The third-order valence-electron chi connectivity index (χ3n) is 2.28. The van der Waals surface area contributed by atoms with E-state index in [0.29, 0.717) is 16.3 Å². The molecule has 0 aliphatic rings. The average molecular weight is 255 g/mol. The van der Waals surface area contributed by atoms with Crippen LogP contribution in [0.1, 0.15) is 25.8 Å². The quantitative estimate of drug-likeness (QED) is 0.817. The van der Waals surface area contributed by atoms with Gasteiger partial charge < -0.3 is 9.84 Å². The third-order valence-corrected chi connectivity index (χ3v) is 2.52. The minimum absolute atomic E-state index is 0.0770. The Bertz CT molecular complexity index is 427. The van der Waals surface area contributed by atoms with E-state index in [9.17, 15) is 4.79 Å². The summed E-state index contributed by atoms with van der Waals surface area (Å²) in [4.78, 5) is 10.5. The van der Waals surface area contributed by atoms with Crippen molar-refractivity contribution in [2.75, 3.05) is 0 Å². The predicted molar refractivity (Wildman–Crippen MR) is 68.5 cm³/mol. The molecule has 4 heteroatoms. The minimum Gasteiger partial charge on any atom is -0.490 e. The van der Waals surface area contributed by atoms with Gasteiger partial charge in [-0.15, -0.1) is 0 Å². The first-order chi connectivity index (χ1) is 8.02. The lowest BCUT2D eigenvalue weighted by Crippen LogP contribution is -2.10. The lowest BCUT2D eigenvalue weighted by Gasteiger charge is -2.14. The van der Waals surface area contributed by atoms with E-state index in [1.807, 2.05) is 13.8 Å². The van der Waals surface area contributed by atoms with E-state index in [2.05, 4.69) is 0 Å². The summed E-state index contributed by atoms with van der Waals surface area (Å²) >= 11 is 5.87. The van der Waals surface area contributed by atoms with Gasteiger partial charge in [0.1, 0.15) is 5.75 Å². The molecule has 1 atom stereocenters. The van der Waals surface area contributed by atoms with Crippen molar-refractivity contribution in [3.8, 4) is 5.75 Å². The van der Waals surface area contributed by atoms with Crippen molar-refractivity contribution < 1.29 is 14.6 Å². The van der Waals surface area contributed by atoms with Crippen LogP contribution in [-0.4, -0.2) is 17.2 Å². The van der Waals surface area contributed by atoms with Gasteiger partial charge in [-0.05, 0) is 37.6 Å². The van der Waals surface area contributed by atoms with Crippen LogP contribution < -0.4 is 4.74 Å². The number of ether oxygens (including phenoxy) is 1. The number of aliphatic carboxylic acids is 1. The van der Waals surface area contributed by atoms with Crippen LogP contribution in [0.3, 0.4) is 0 Å². The Morgan fingerprint density at radius 1 is 1.59 bits per heavy atom. The molecule has 0 aliphatic heterocycles. The lowest BCUT2D eigenvalue weighted by atomic mass is 10.2. The molecule has 92 valence electrons. The van der Waals surface area contributed by atoms with Crippen LogP contribution in [0.5, 0.6) is 5.75 Å². The van der Waals surface area contributed by atoms with Gasteiger partial charge in [-0.1, -0.05) is 18.5 Å². The Balaban J connectivity index is 2.99. The normalized spacial score (nSPS) is 12.6. The minimum atomic E-state index is -1.00. The SMILES string of the molecule is CCC(C)Oc1ccc(Cl)cc1/C=C/C(=O)O. The number of halogens is 1. The zero-order valence-electron chi connectivity index (χ0n) is 9.81. The Morgan fingerprint density at radius 3 is 2.88 bits per heavy atom. The van der Waals surface area contributed by atoms with Crippen LogP contribution in [0.2, 0.25) is 5.02 Å². The van der Waals surface area contributed by atoms with Crippen molar-refractivity contribution >= 4 is 23.6 Å². The first-order valence-corrected chi connectivity index (χ1v) is 5.78.